The Balaban J connectivity index is 1.78. The van der Waals surface area contributed by atoms with Crippen LogP contribution in [0, 0.1) is 0 Å². The Labute approximate surface area is 177 Å². The van der Waals surface area contributed by atoms with Gasteiger partial charge in [0.15, 0.2) is 12.6 Å². The summed E-state index contributed by atoms with van der Waals surface area (Å²) in [7, 11) is 5.18. The van der Waals surface area contributed by atoms with Crippen LogP contribution in [0.15, 0.2) is 64.5 Å². The van der Waals surface area contributed by atoms with Gasteiger partial charge in [0.25, 0.3) is 5.91 Å². The van der Waals surface area contributed by atoms with Gasteiger partial charge < -0.3 is 20.3 Å². The van der Waals surface area contributed by atoms with E-state index in [0.29, 0.717) is 17.5 Å². The fourth-order valence-corrected chi connectivity index (χ4v) is 3.38. The highest BCUT2D eigenvalue weighted by atomic mass is 32.2. The molecule has 0 bridgehead atoms. The van der Waals surface area contributed by atoms with Gasteiger partial charge in [-0.2, -0.15) is 0 Å². The third-order valence-corrected chi connectivity index (χ3v) is 5.19. The van der Waals surface area contributed by atoms with Gasteiger partial charge in [-0.15, -0.1) is 11.8 Å². The summed E-state index contributed by atoms with van der Waals surface area (Å²) in [6, 6.07) is 18.1. The summed E-state index contributed by atoms with van der Waals surface area (Å²) in [5.41, 5.74) is 1.05. The maximum atomic E-state index is 11.7. The Morgan fingerprint density at radius 1 is 1.14 bits per heavy atom. The fourth-order valence-electron chi connectivity index (χ4n) is 2.44. The molecule has 2 aromatic carbocycles. The number of amides is 1. The Morgan fingerprint density at radius 3 is 2.59 bits per heavy atom. The molecule has 0 aliphatic rings. The molecule has 2 N–H and O–H groups in total. The predicted molar refractivity (Wildman–Crippen MR) is 121 cm³/mol. The van der Waals surface area contributed by atoms with Crippen LogP contribution < -0.4 is 15.4 Å². The lowest BCUT2D eigenvalue weighted by atomic mass is 10.2. The quantitative estimate of drug-likeness (QED) is 0.375. The van der Waals surface area contributed by atoms with E-state index in [1.165, 1.54) is 9.80 Å². The Hall–Kier alpha value is -2.67. The second-order valence-corrected chi connectivity index (χ2v) is 8.28. The summed E-state index contributed by atoms with van der Waals surface area (Å²) in [6.45, 7) is 3.63. The maximum absolute atomic E-state index is 11.7. The van der Waals surface area contributed by atoms with Crippen molar-refractivity contribution in [3.05, 3.63) is 60.2 Å². The highest BCUT2D eigenvalue weighted by Crippen LogP contribution is 2.21. The molecule has 1 atom stereocenters. The first-order valence-electron chi connectivity index (χ1n) is 9.56. The first kappa shape index (κ1) is 22.6. The molecule has 0 aromatic heterocycles. The molecule has 29 heavy (non-hydrogen) atoms. The minimum absolute atomic E-state index is 0.0318. The minimum atomic E-state index is -0.0689. The zero-order valence-electron chi connectivity index (χ0n) is 17.5. The van der Waals surface area contributed by atoms with Gasteiger partial charge in [-0.05, 0) is 29.8 Å². The highest BCUT2D eigenvalue weighted by molar-refractivity contribution is 8.00. The van der Waals surface area contributed by atoms with Gasteiger partial charge in [0, 0.05) is 44.4 Å². The fraction of sp³-hybridized carbons (Fsp3) is 0.364. The first-order chi connectivity index (χ1) is 14.0. The van der Waals surface area contributed by atoms with Gasteiger partial charge in [-0.3, -0.25) is 9.79 Å². The average Bonchev–Trinajstić information content (AvgIpc) is 2.73. The molecule has 0 aliphatic carbocycles. The lowest BCUT2D eigenvalue weighted by molar-refractivity contribution is -0.130. The van der Waals surface area contributed by atoms with Crippen molar-refractivity contribution in [2.45, 2.75) is 23.6 Å². The van der Waals surface area contributed by atoms with Gasteiger partial charge in [0.1, 0.15) is 5.75 Å². The van der Waals surface area contributed by atoms with Crippen molar-refractivity contribution < 1.29 is 9.53 Å². The van der Waals surface area contributed by atoms with Crippen LogP contribution in [0.25, 0.3) is 0 Å². The second-order valence-electron chi connectivity index (χ2n) is 6.77. The summed E-state index contributed by atoms with van der Waals surface area (Å²) in [5, 5.41) is 7.08. The number of benzene rings is 2. The number of aliphatic imine (C=N–C) groups is 1. The van der Waals surface area contributed by atoms with Crippen LogP contribution in [0.5, 0.6) is 5.75 Å². The minimum Gasteiger partial charge on any atom is -0.484 e. The van der Waals surface area contributed by atoms with Gasteiger partial charge in [-0.25, -0.2) is 0 Å². The second kappa shape index (κ2) is 12.0. The monoisotopic (exact) mass is 414 g/mol. The van der Waals surface area contributed by atoms with Crippen molar-refractivity contribution in [1.82, 2.24) is 15.5 Å². The van der Waals surface area contributed by atoms with Crippen molar-refractivity contribution in [2.24, 2.45) is 4.99 Å². The predicted octanol–water partition coefficient (Wildman–Crippen LogP) is 3.00. The number of carbonyl (C=O) groups is 1. The van der Waals surface area contributed by atoms with Crippen LogP contribution in [0.3, 0.4) is 0 Å². The molecule has 7 heteroatoms. The van der Waals surface area contributed by atoms with Gasteiger partial charge >= 0.3 is 0 Å². The van der Waals surface area contributed by atoms with Crippen molar-refractivity contribution in [3.63, 3.8) is 0 Å². The van der Waals surface area contributed by atoms with E-state index >= 15 is 0 Å². The van der Waals surface area contributed by atoms with Crippen LogP contribution in [-0.4, -0.2) is 56.3 Å². The Bertz CT molecular complexity index is 796. The number of nitrogens with one attached hydrogen (secondary N) is 2. The summed E-state index contributed by atoms with van der Waals surface area (Å²) < 4.78 is 5.57. The van der Waals surface area contributed by atoms with E-state index in [0.717, 1.165) is 18.1 Å². The number of hydrogen-bond donors (Lipinski definition) is 2. The SMILES string of the molecule is CN=C(NCc1cccc(OCC(=O)N(C)C)c1)NCC(C)Sc1ccccc1. The third kappa shape index (κ3) is 8.48. The molecular formula is C22H30N4O2S. The van der Waals surface area contributed by atoms with Gasteiger partial charge in [-0.1, -0.05) is 37.3 Å². The molecule has 2 aromatic rings. The molecular weight excluding hydrogens is 384 g/mol. The van der Waals surface area contributed by atoms with Crippen LogP contribution in [-0.2, 0) is 11.3 Å². The average molecular weight is 415 g/mol. The smallest absolute Gasteiger partial charge is 0.259 e. The van der Waals surface area contributed by atoms with E-state index in [9.17, 15) is 4.79 Å². The number of hydrogen-bond acceptors (Lipinski definition) is 4. The number of ether oxygens (including phenoxy) is 1. The summed E-state index contributed by atoms with van der Waals surface area (Å²) in [6.07, 6.45) is 0. The van der Waals surface area contributed by atoms with Crippen LogP contribution in [0.1, 0.15) is 12.5 Å². The lowest BCUT2D eigenvalue weighted by Crippen LogP contribution is -2.39. The van der Waals surface area contributed by atoms with E-state index in [1.54, 1.807) is 21.1 Å². The van der Waals surface area contributed by atoms with Crippen molar-refractivity contribution in [2.75, 3.05) is 34.3 Å². The summed E-state index contributed by atoms with van der Waals surface area (Å²) in [5.74, 6) is 1.36. The van der Waals surface area contributed by atoms with Crippen molar-refractivity contribution in [3.8, 4) is 5.75 Å². The van der Waals surface area contributed by atoms with E-state index < -0.39 is 0 Å². The zero-order chi connectivity index (χ0) is 21.1. The normalized spacial score (nSPS) is 12.2. The summed E-state index contributed by atoms with van der Waals surface area (Å²) >= 11 is 1.83. The standard InChI is InChI=1S/C22H30N4O2S/c1-17(29-20-11-6-5-7-12-20)14-24-22(23-2)25-15-18-9-8-10-19(13-18)28-16-21(27)26(3)4/h5-13,17H,14-16H2,1-4H3,(H2,23,24,25). The highest BCUT2D eigenvalue weighted by Gasteiger charge is 2.07. The lowest BCUT2D eigenvalue weighted by Gasteiger charge is -2.16. The van der Waals surface area contributed by atoms with Gasteiger partial charge in [0.05, 0.1) is 0 Å². The molecule has 0 heterocycles. The summed E-state index contributed by atoms with van der Waals surface area (Å²) in [4.78, 5) is 18.7. The van der Waals surface area contributed by atoms with Crippen LogP contribution >= 0.6 is 11.8 Å². The molecule has 1 amide bonds. The van der Waals surface area contributed by atoms with E-state index in [1.807, 2.05) is 42.1 Å². The number of likely N-dealkylation sites (N-methyl/N-ethyl adjacent to an activating group) is 1. The van der Waals surface area contributed by atoms with E-state index in [2.05, 4.69) is 46.8 Å². The number of carbonyl (C=O) groups excluding carboxylic acids is 1. The molecule has 0 saturated heterocycles. The van der Waals surface area contributed by atoms with E-state index in [4.69, 9.17) is 4.74 Å². The molecule has 0 saturated carbocycles. The number of nitrogens with zero attached hydrogens (tertiary/aromatic N) is 2. The molecule has 0 radical (unpaired) electrons. The zero-order valence-corrected chi connectivity index (χ0v) is 18.3. The van der Waals surface area contributed by atoms with Crippen molar-refractivity contribution in [1.29, 1.82) is 0 Å². The number of thioether (sulfide) groups is 1. The number of guanidine groups is 1. The molecule has 156 valence electrons. The topological polar surface area (TPSA) is 66.0 Å². The Morgan fingerprint density at radius 2 is 1.90 bits per heavy atom. The molecule has 0 spiro atoms. The van der Waals surface area contributed by atoms with Crippen LogP contribution in [0.4, 0.5) is 0 Å². The molecule has 0 aliphatic heterocycles. The first-order valence-corrected chi connectivity index (χ1v) is 10.4. The van der Waals surface area contributed by atoms with E-state index in [-0.39, 0.29) is 12.5 Å². The Kier molecular flexibility index (Phi) is 9.37. The molecule has 1 unspecified atom stereocenters. The van der Waals surface area contributed by atoms with Crippen molar-refractivity contribution >= 4 is 23.6 Å². The number of rotatable bonds is 9. The molecule has 6 nitrogen and oxygen atoms in total. The molecule has 0 fully saturated rings. The third-order valence-electron chi connectivity index (χ3n) is 4.08. The maximum Gasteiger partial charge on any atom is 0.259 e. The largest absolute Gasteiger partial charge is 0.484 e. The molecule has 2 rings (SSSR count). The van der Waals surface area contributed by atoms with Crippen LogP contribution in [0.2, 0.25) is 0 Å². The van der Waals surface area contributed by atoms with Gasteiger partial charge in [0.2, 0.25) is 0 Å².